The predicted molar refractivity (Wildman–Crippen MR) is 66.0 cm³/mol. The van der Waals surface area contributed by atoms with Gasteiger partial charge in [0.25, 0.3) is 11.5 Å². The lowest BCUT2D eigenvalue weighted by Gasteiger charge is -2.12. The van der Waals surface area contributed by atoms with Gasteiger partial charge in [0.05, 0.1) is 17.7 Å². The highest BCUT2D eigenvalue weighted by molar-refractivity contribution is 6.06. The van der Waals surface area contributed by atoms with Crippen LogP contribution < -0.4 is 16.2 Å². The SMILES string of the molecule is O=C(Nc1cc(C(F)(F)F)c[nH]c1=O)C1=C(F)CNC=C1. The van der Waals surface area contributed by atoms with Crippen LogP contribution in [0, 0.1) is 0 Å². The molecule has 0 fully saturated rings. The number of rotatable bonds is 2. The van der Waals surface area contributed by atoms with Gasteiger partial charge in [-0.1, -0.05) is 0 Å². The summed E-state index contributed by atoms with van der Waals surface area (Å²) in [5.41, 5.74) is -3.02. The molecule has 1 aliphatic rings. The molecule has 1 amide bonds. The molecule has 5 nitrogen and oxygen atoms in total. The zero-order valence-corrected chi connectivity index (χ0v) is 10.3. The number of hydrogen-bond donors (Lipinski definition) is 3. The minimum atomic E-state index is -4.68. The Morgan fingerprint density at radius 2 is 2.05 bits per heavy atom. The number of carbonyl (C=O) groups is 1. The molecule has 0 bridgehead atoms. The lowest BCUT2D eigenvalue weighted by Crippen LogP contribution is -2.25. The quantitative estimate of drug-likeness (QED) is 0.728. The van der Waals surface area contributed by atoms with Crippen LogP contribution in [0.25, 0.3) is 0 Å². The average molecular weight is 303 g/mol. The fraction of sp³-hybridized carbons (Fsp3) is 0.167. The number of hydrogen-bond acceptors (Lipinski definition) is 3. The summed E-state index contributed by atoms with van der Waals surface area (Å²) >= 11 is 0. The van der Waals surface area contributed by atoms with E-state index in [0.717, 1.165) is 6.08 Å². The fourth-order valence-corrected chi connectivity index (χ4v) is 1.61. The number of dihydropyridines is 1. The Kier molecular flexibility index (Phi) is 3.83. The second-order valence-electron chi connectivity index (χ2n) is 4.12. The van der Waals surface area contributed by atoms with Gasteiger partial charge in [-0.2, -0.15) is 13.2 Å². The Labute approximate surface area is 115 Å². The molecule has 1 aliphatic heterocycles. The van der Waals surface area contributed by atoms with Gasteiger partial charge in [-0.25, -0.2) is 4.39 Å². The molecule has 2 heterocycles. The molecular weight excluding hydrogens is 294 g/mol. The van der Waals surface area contributed by atoms with Crippen molar-refractivity contribution in [3.05, 3.63) is 51.9 Å². The van der Waals surface area contributed by atoms with Crippen molar-refractivity contribution >= 4 is 11.6 Å². The number of aromatic amines is 1. The Morgan fingerprint density at radius 1 is 1.33 bits per heavy atom. The molecule has 0 radical (unpaired) electrons. The monoisotopic (exact) mass is 303 g/mol. The molecule has 1 aromatic rings. The Morgan fingerprint density at radius 3 is 2.67 bits per heavy atom. The first-order chi connectivity index (χ1) is 9.79. The second-order valence-corrected chi connectivity index (χ2v) is 4.12. The summed E-state index contributed by atoms with van der Waals surface area (Å²) in [6.45, 7) is -0.210. The summed E-state index contributed by atoms with van der Waals surface area (Å²) in [5, 5.41) is 4.48. The van der Waals surface area contributed by atoms with E-state index in [1.807, 2.05) is 10.3 Å². The number of carbonyl (C=O) groups excluding carboxylic acids is 1. The van der Waals surface area contributed by atoms with Gasteiger partial charge in [0.1, 0.15) is 11.5 Å². The van der Waals surface area contributed by atoms with Gasteiger partial charge >= 0.3 is 6.18 Å². The number of aromatic nitrogens is 1. The topological polar surface area (TPSA) is 74.0 Å². The number of amides is 1. The average Bonchev–Trinajstić information content (AvgIpc) is 2.40. The van der Waals surface area contributed by atoms with E-state index in [-0.39, 0.29) is 12.1 Å². The lowest BCUT2D eigenvalue weighted by atomic mass is 10.1. The molecule has 0 aliphatic carbocycles. The van der Waals surface area contributed by atoms with Crippen LogP contribution in [-0.2, 0) is 11.0 Å². The number of pyridine rings is 1. The molecular formula is C12H9F4N3O2. The summed E-state index contributed by atoms with van der Waals surface area (Å²) in [6.07, 6.45) is -1.75. The van der Waals surface area contributed by atoms with Crippen LogP contribution in [0.15, 0.2) is 40.7 Å². The van der Waals surface area contributed by atoms with Gasteiger partial charge in [-0.15, -0.1) is 0 Å². The molecule has 3 N–H and O–H groups in total. The minimum absolute atomic E-state index is 0.210. The van der Waals surface area contributed by atoms with E-state index in [9.17, 15) is 27.2 Å². The van der Waals surface area contributed by atoms with E-state index >= 15 is 0 Å². The third kappa shape index (κ3) is 3.30. The van der Waals surface area contributed by atoms with E-state index in [2.05, 4.69) is 5.32 Å². The van der Waals surface area contributed by atoms with Crippen LogP contribution >= 0.6 is 0 Å². The van der Waals surface area contributed by atoms with E-state index < -0.39 is 34.7 Å². The molecule has 21 heavy (non-hydrogen) atoms. The smallest absolute Gasteiger partial charge is 0.384 e. The maximum absolute atomic E-state index is 13.4. The first-order valence-corrected chi connectivity index (χ1v) is 5.69. The van der Waals surface area contributed by atoms with Crippen molar-refractivity contribution in [2.45, 2.75) is 6.18 Å². The highest BCUT2D eigenvalue weighted by atomic mass is 19.4. The van der Waals surface area contributed by atoms with Crippen LogP contribution in [-0.4, -0.2) is 17.4 Å². The molecule has 112 valence electrons. The third-order valence-corrected chi connectivity index (χ3v) is 2.64. The van der Waals surface area contributed by atoms with Crippen LogP contribution in [0.4, 0.5) is 23.2 Å². The second kappa shape index (κ2) is 5.43. The zero-order chi connectivity index (χ0) is 15.6. The molecule has 0 saturated carbocycles. The van der Waals surface area contributed by atoms with Gasteiger partial charge in [0.2, 0.25) is 0 Å². The van der Waals surface area contributed by atoms with Crippen LogP contribution in [0.2, 0.25) is 0 Å². The number of alkyl halides is 3. The van der Waals surface area contributed by atoms with Crippen molar-refractivity contribution in [2.24, 2.45) is 0 Å². The Bertz CT molecular complexity index is 688. The maximum atomic E-state index is 13.4. The molecule has 2 rings (SSSR count). The number of H-pyrrole nitrogens is 1. The van der Waals surface area contributed by atoms with Crippen molar-refractivity contribution in [1.29, 1.82) is 0 Å². The number of anilines is 1. The summed E-state index contributed by atoms with van der Waals surface area (Å²) in [5.74, 6) is -1.78. The highest BCUT2D eigenvalue weighted by Gasteiger charge is 2.31. The van der Waals surface area contributed by atoms with Crippen LogP contribution in [0.5, 0.6) is 0 Å². The van der Waals surface area contributed by atoms with Gasteiger partial charge in [-0.3, -0.25) is 9.59 Å². The normalized spacial score (nSPS) is 14.9. The van der Waals surface area contributed by atoms with Crippen molar-refractivity contribution < 1.29 is 22.4 Å². The van der Waals surface area contributed by atoms with Gasteiger partial charge < -0.3 is 15.6 Å². The van der Waals surface area contributed by atoms with Crippen molar-refractivity contribution in [1.82, 2.24) is 10.3 Å². The van der Waals surface area contributed by atoms with E-state index in [4.69, 9.17) is 0 Å². The molecule has 0 atom stereocenters. The van der Waals surface area contributed by atoms with E-state index in [1.165, 1.54) is 6.20 Å². The molecule has 9 heteroatoms. The van der Waals surface area contributed by atoms with E-state index in [1.54, 1.807) is 0 Å². The van der Waals surface area contributed by atoms with Gasteiger partial charge in [0, 0.05) is 6.20 Å². The van der Waals surface area contributed by atoms with E-state index in [0.29, 0.717) is 12.3 Å². The van der Waals surface area contributed by atoms with Gasteiger partial charge in [-0.05, 0) is 18.3 Å². The van der Waals surface area contributed by atoms with Crippen LogP contribution in [0.1, 0.15) is 5.56 Å². The minimum Gasteiger partial charge on any atom is -0.384 e. The largest absolute Gasteiger partial charge is 0.417 e. The predicted octanol–water partition coefficient (Wildman–Crippen LogP) is 1.67. The standard InChI is InChI=1S/C12H9F4N3O2/c13-8-5-17-2-1-7(8)10(20)19-9-3-6(12(14,15)16)4-18-11(9)21/h1-4,17H,5H2,(H,18,21)(H,19,20). The van der Waals surface area contributed by atoms with Crippen molar-refractivity contribution in [3.63, 3.8) is 0 Å². The maximum Gasteiger partial charge on any atom is 0.417 e. The van der Waals surface area contributed by atoms with Crippen molar-refractivity contribution in [2.75, 3.05) is 11.9 Å². The summed E-state index contributed by atoms with van der Waals surface area (Å²) < 4.78 is 51.0. The first kappa shape index (κ1) is 14.8. The molecule has 0 unspecified atom stereocenters. The molecule has 0 spiro atoms. The Hall–Kier alpha value is -2.58. The zero-order valence-electron chi connectivity index (χ0n) is 10.3. The van der Waals surface area contributed by atoms with Crippen molar-refractivity contribution in [3.8, 4) is 0 Å². The summed E-state index contributed by atoms with van der Waals surface area (Å²) in [7, 11) is 0. The Balaban J connectivity index is 2.30. The highest BCUT2D eigenvalue weighted by Crippen LogP contribution is 2.29. The summed E-state index contributed by atoms with van der Waals surface area (Å²) in [4.78, 5) is 25.1. The lowest BCUT2D eigenvalue weighted by molar-refractivity contribution is -0.137. The number of nitrogens with one attached hydrogen (secondary N) is 3. The number of halogens is 4. The third-order valence-electron chi connectivity index (χ3n) is 2.64. The fourth-order valence-electron chi connectivity index (χ4n) is 1.61. The molecule has 0 aromatic carbocycles. The van der Waals surface area contributed by atoms with Gasteiger partial charge in [0.15, 0.2) is 0 Å². The molecule has 1 aromatic heterocycles. The summed E-state index contributed by atoms with van der Waals surface area (Å²) in [6, 6.07) is 0.486. The van der Waals surface area contributed by atoms with Crippen LogP contribution in [0.3, 0.4) is 0 Å². The molecule has 0 saturated heterocycles. The first-order valence-electron chi connectivity index (χ1n) is 5.69.